The molecule has 2 rings (SSSR count). The molecule has 2 heterocycles. The SMILES string of the molecule is Cc1cccnc1C(O)c1ccc(C(=O)O)o1. The third-order valence-electron chi connectivity index (χ3n) is 2.42. The summed E-state index contributed by atoms with van der Waals surface area (Å²) in [5, 5.41) is 18.7. The standard InChI is InChI=1S/C12H11NO4/c1-7-3-2-6-13-10(7)11(14)8-4-5-9(17-8)12(15)16/h2-6,11,14H,1H3,(H,15,16). The van der Waals surface area contributed by atoms with E-state index in [4.69, 9.17) is 9.52 Å². The number of aromatic nitrogens is 1. The van der Waals surface area contributed by atoms with Gasteiger partial charge in [-0.25, -0.2) is 4.79 Å². The summed E-state index contributed by atoms with van der Waals surface area (Å²) in [4.78, 5) is 14.7. The van der Waals surface area contributed by atoms with E-state index in [-0.39, 0.29) is 11.5 Å². The average molecular weight is 233 g/mol. The Morgan fingerprint density at radius 2 is 2.18 bits per heavy atom. The average Bonchev–Trinajstić information content (AvgIpc) is 2.78. The van der Waals surface area contributed by atoms with Crippen LogP contribution in [-0.4, -0.2) is 21.2 Å². The van der Waals surface area contributed by atoms with Gasteiger partial charge in [0.15, 0.2) is 6.10 Å². The lowest BCUT2D eigenvalue weighted by molar-refractivity contribution is 0.0654. The third-order valence-corrected chi connectivity index (χ3v) is 2.42. The fourth-order valence-electron chi connectivity index (χ4n) is 1.53. The van der Waals surface area contributed by atoms with Gasteiger partial charge in [0, 0.05) is 6.20 Å². The molecule has 2 N–H and O–H groups in total. The van der Waals surface area contributed by atoms with Crippen molar-refractivity contribution in [1.29, 1.82) is 0 Å². The summed E-state index contributed by atoms with van der Waals surface area (Å²) in [6.07, 6.45) is 0.511. The van der Waals surface area contributed by atoms with Gasteiger partial charge in [-0.1, -0.05) is 6.07 Å². The van der Waals surface area contributed by atoms with E-state index in [1.54, 1.807) is 12.3 Å². The van der Waals surface area contributed by atoms with Crippen LogP contribution in [0.1, 0.15) is 33.7 Å². The minimum absolute atomic E-state index is 0.171. The van der Waals surface area contributed by atoms with E-state index < -0.39 is 12.1 Å². The predicted octanol–water partition coefficient (Wildman–Crippen LogP) is 1.76. The van der Waals surface area contributed by atoms with Crippen LogP contribution < -0.4 is 0 Å². The lowest BCUT2D eigenvalue weighted by Crippen LogP contribution is -2.03. The Bertz CT molecular complexity index is 547. The summed E-state index contributed by atoms with van der Waals surface area (Å²) in [7, 11) is 0. The molecule has 0 spiro atoms. The van der Waals surface area contributed by atoms with Gasteiger partial charge in [0.2, 0.25) is 5.76 Å². The fraction of sp³-hybridized carbons (Fsp3) is 0.167. The van der Waals surface area contributed by atoms with Crippen LogP contribution >= 0.6 is 0 Å². The molecule has 0 fully saturated rings. The first kappa shape index (κ1) is 11.3. The normalized spacial score (nSPS) is 12.4. The van der Waals surface area contributed by atoms with Crippen LogP contribution in [0.25, 0.3) is 0 Å². The maximum absolute atomic E-state index is 10.6. The molecule has 0 saturated carbocycles. The number of carboxylic acid groups (broad SMARTS) is 1. The zero-order valence-corrected chi connectivity index (χ0v) is 9.12. The van der Waals surface area contributed by atoms with Gasteiger partial charge < -0.3 is 14.6 Å². The Morgan fingerprint density at radius 1 is 1.41 bits per heavy atom. The number of carboxylic acids is 1. The molecule has 88 valence electrons. The minimum atomic E-state index is -1.17. The molecule has 0 radical (unpaired) electrons. The van der Waals surface area contributed by atoms with Crippen molar-refractivity contribution >= 4 is 5.97 Å². The fourth-order valence-corrected chi connectivity index (χ4v) is 1.53. The van der Waals surface area contributed by atoms with E-state index in [9.17, 15) is 9.90 Å². The number of aliphatic hydroxyl groups excluding tert-OH is 1. The van der Waals surface area contributed by atoms with Gasteiger partial charge in [-0.2, -0.15) is 0 Å². The van der Waals surface area contributed by atoms with Crippen LogP contribution in [0.4, 0.5) is 0 Å². The van der Waals surface area contributed by atoms with Crippen molar-refractivity contribution in [3.8, 4) is 0 Å². The van der Waals surface area contributed by atoms with Gasteiger partial charge in [0.25, 0.3) is 0 Å². The topological polar surface area (TPSA) is 83.6 Å². The maximum Gasteiger partial charge on any atom is 0.371 e. The molecule has 1 atom stereocenters. The number of furan rings is 1. The molecule has 2 aromatic rings. The molecular formula is C12H11NO4. The Labute approximate surface area is 97.3 Å². The van der Waals surface area contributed by atoms with Crippen LogP contribution in [0, 0.1) is 6.92 Å². The molecule has 0 aliphatic carbocycles. The summed E-state index contributed by atoms with van der Waals surface area (Å²) in [5.41, 5.74) is 1.27. The second kappa shape index (κ2) is 4.39. The number of hydrogen-bond acceptors (Lipinski definition) is 4. The predicted molar refractivity (Wildman–Crippen MR) is 58.7 cm³/mol. The Kier molecular flexibility index (Phi) is 2.93. The quantitative estimate of drug-likeness (QED) is 0.843. The first-order chi connectivity index (χ1) is 8.09. The number of aryl methyl sites for hydroxylation is 1. The highest BCUT2D eigenvalue weighted by atomic mass is 16.4. The summed E-state index contributed by atoms with van der Waals surface area (Å²) in [6, 6.07) is 6.31. The zero-order chi connectivity index (χ0) is 12.4. The number of pyridine rings is 1. The van der Waals surface area contributed by atoms with E-state index >= 15 is 0 Å². The number of aliphatic hydroxyl groups is 1. The van der Waals surface area contributed by atoms with Crippen LogP contribution in [-0.2, 0) is 0 Å². The number of nitrogens with zero attached hydrogens (tertiary/aromatic N) is 1. The van der Waals surface area contributed by atoms with Crippen molar-refractivity contribution in [1.82, 2.24) is 4.98 Å². The molecule has 17 heavy (non-hydrogen) atoms. The van der Waals surface area contributed by atoms with E-state index in [1.807, 2.05) is 13.0 Å². The first-order valence-electron chi connectivity index (χ1n) is 5.02. The van der Waals surface area contributed by atoms with Crippen molar-refractivity contribution in [3.63, 3.8) is 0 Å². The van der Waals surface area contributed by atoms with Gasteiger partial charge in [-0.05, 0) is 30.7 Å². The smallest absolute Gasteiger partial charge is 0.371 e. The summed E-state index contributed by atoms with van der Waals surface area (Å²) >= 11 is 0. The van der Waals surface area contributed by atoms with Crippen LogP contribution in [0.15, 0.2) is 34.9 Å². The molecule has 0 amide bonds. The van der Waals surface area contributed by atoms with Crippen molar-refractivity contribution < 1.29 is 19.4 Å². The minimum Gasteiger partial charge on any atom is -0.475 e. The first-order valence-corrected chi connectivity index (χ1v) is 5.02. The highest BCUT2D eigenvalue weighted by molar-refractivity contribution is 5.84. The van der Waals surface area contributed by atoms with Gasteiger partial charge in [0.1, 0.15) is 5.76 Å². The van der Waals surface area contributed by atoms with E-state index in [0.717, 1.165) is 5.56 Å². The third kappa shape index (κ3) is 2.19. The zero-order valence-electron chi connectivity index (χ0n) is 9.12. The molecule has 0 aromatic carbocycles. The number of hydrogen-bond donors (Lipinski definition) is 2. The molecule has 0 saturated heterocycles. The summed E-state index contributed by atoms with van der Waals surface area (Å²) in [6.45, 7) is 1.81. The van der Waals surface area contributed by atoms with Crippen LogP contribution in [0.3, 0.4) is 0 Å². The Hall–Kier alpha value is -2.14. The Morgan fingerprint density at radius 3 is 2.76 bits per heavy atom. The molecule has 5 nitrogen and oxygen atoms in total. The summed E-state index contributed by atoms with van der Waals surface area (Å²) in [5.74, 6) is -1.20. The molecule has 2 aromatic heterocycles. The number of rotatable bonds is 3. The van der Waals surface area contributed by atoms with Crippen LogP contribution in [0.5, 0.6) is 0 Å². The number of aromatic carboxylic acids is 1. The molecule has 0 bridgehead atoms. The highest BCUT2D eigenvalue weighted by Crippen LogP contribution is 2.24. The monoisotopic (exact) mass is 233 g/mol. The number of carbonyl (C=O) groups is 1. The van der Waals surface area contributed by atoms with E-state index in [0.29, 0.717) is 5.69 Å². The van der Waals surface area contributed by atoms with E-state index in [2.05, 4.69) is 4.98 Å². The second-order valence-corrected chi connectivity index (χ2v) is 3.62. The molecule has 0 aliphatic rings. The lowest BCUT2D eigenvalue weighted by atomic mass is 10.1. The van der Waals surface area contributed by atoms with Crippen molar-refractivity contribution in [3.05, 3.63) is 53.2 Å². The van der Waals surface area contributed by atoms with Gasteiger partial charge >= 0.3 is 5.97 Å². The van der Waals surface area contributed by atoms with E-state index in [1.165, 1.54) is 12.1 Å². The highest BCUT2D eigenvalue weighted by Gasteiger charge is 2.19. The lowest BCUT2D eigenvalue weighted by Gasteiger charge is -2.09. The second-order valence-electron chi connectivity index (χ2n) is 3.62. The van der Waals surface area contributed by atoms with Gasteiger partial charge in [0.05, 0.1) is 5.69 Å². The van der Waals surface area contributed by atoms with Crippen molar-refractivity contribution in [2.75, 3.05) is 0 Å². The van der Waals surface area contributed by atoms with Gasteiger partial charge in [-0.3, -0.25) is 4.98 Å². The molecule has 0 aliphatic heterocycles. The largest absolute Gasteiger partial charge is 0.475 e. The Balaban J connectivity index is 2.34. The molecular weight excluding hydrogens is 222 g/mol. The molecule has 1 unspecified atom stereocenters. The van der Waals surface area contributed by atoms with Crippen molar-refractivity contribution in [2.45, 2.75) is 13.0 Å². The van der Waals surface area contributed by atoms with Crippen molar-refractivity contribution in [2.24, 2.45) is 0 Å². The van der Waals surface area contributed by atoms with Crippen LogP contribution in [0.2, 0.25) is 0 Å². The maximum atomic E-state index is 10.6. The summed E-state index contributed by atoms with van der Waals surface area (Å²) < 4.78 is 5.03. The van der Waals surface area contributed by atoms with Gasteiger partial charge in [-0.15, -0.1) is 0 Å². The molecule has 5 heteroatoms.